The predicted octanol–water partition coefficient (Wildman–Crippen LogP) is 9.72. The molecule has 0 saturated carbocycles. The second kappa shape index (κ2) is 19.6. The topological polar surface area (TPSA) is 0 Å². The maximum Gasteiger partial charge on any atom is -0.0276 e. The van der Waals surface area contributed by atoms with E-state index in [1.165, 1.54) is 52.6 Å². The van der Waals surface area contributed by atoms with Crippen LogP contribution in [0.4, 0.5) is 0 Å². The van der Waals surface area contributed by atoms with Gasteiger partial charge >= 0.3 is 0 Å². The predicted molar refractivity (Wildman–Crippen MR) is 144 cm³/mol. The first kappa shape index (κ1) is 30.9. The summed E-state index contributed by atoms with van der Waals surface area (Å²) < 4.78 is 0. The smallest absolute Gasteiger partial charge is 0.0276 e. The molecule has 3 aromatic carbocycles. The van der Waals surface area contributed by atoms with Crippen LogP contribution in [-0.4, -0.2) is 0 Å². The molecule has 0 fully saturated rings. The highest BCUT2D eigenvalue weighted by Crippen LogP contribution is 2.10. The fourth-order valence-corrected chi connectivity index (χ4v) is 2.83. The molecular weight excluding hydrogens is 372 g/mol. The summed E-state index contributed by atoms with van der Waals surface area (Å²) >= 11 is 0. The van der Waals surface area contributed by atoms with Crippen LogP contribution >= 0.6 is 0 Å². The zero-order chi connectivity index (χ0) is 22.8. The highest BCUT2D eigenvalue weighted by molar-refractivity contribution is 5.23. The van der Waals surface area contributed by atoms with Crippen molar-refractivity contribution >= 4 is 0 Å². The van der Waals surface area contributed by atoms with E-state index >= 15 is 0 Å². The zero-order valence-electron chi connectivity index (χ0n) is 20.8. The fourth-order valence-electron chi connectivity index (χ4n) is 2.83. The van der Waals surface area contributed by atoms with Crippen LogP contribution in [0.5, 0.6) is 0 Å². The van der Waals surface area contributed by atoms with Crippen LogP contribution in [0, 0.1) is 20.8 Å². The van der Waals surface area contributed by atoms with Crippen molar-refractivity contribution in [2.75, 3.05) is 0 Å². The summed E-state index contributed by atoms with van der Waals surface area (Å²) in [5.41, 5.74) is 8.33. The van der Waals surface area contributed by atoms with Gasteiger partial charge in [0, 0.05) is 0 Å². The minimum Gasteiger partial charge on any atom is -0.0776 e. The molecule has 0 heterocycles. The largest absolute Gasteiger partial charge is 0.0776 e. The second-order valence-corrected chi connectivity index (χ2v) is 7.16. The summed E-state index contributed by atoms with van der Waals surface area (Å²) in [5.74, 6) is 0. The monoisotopic (exact) mass is 420 g/mol. The van der Waals surface area contributed by atoms with Crippen molar-refractivity contribution in [1.82, 2.24) is 0 Å². The van der Waals surface area contributed by atoms with Gasteiger partial charge in [-0.2, -0.15) is 0 Å². The second-order valence-electron chi connectivity index (χ2n) is 7.16. The lowest BCUT2D eigenvalue weighted by molar-refractivity contribution is 0.820. The fraction of sp³-hybridized carbons (Fsp3) is 0.419. The molecular formula is C31H48. The van der Waals surface area contributed by atoms with E-state index in [2.05, 4.69) is 100 Å². The van der Waals surface area contributed by atoms with Crippen LogP contribution in [0.1, 0.15) is 81.8 Å². The highest BCUT2D eigenvalue weighted by atomic mass is 14.0. The normalized spacial score (nSPS) is 8.90. The summed E-state index contributed by atoms with van der Waals surface area (Å²) in [7, 11) is 0. The third-order valence-electron chi connectivity index (χ3n) is 4.70. The van der Waals surface area contributed by atoms with Gasteiger partial charge in [-0.25, -0.2) is 0 Å². The van der Waals surface area contributed by atoms with Gasteiger partial charge in [-0.05, 0) is 63.1 Å². The summed E-state index contributed by atoms with van der Waals surface area (Å²) in [6, 6.07) is 26.4. The Balaban J connectivity index is 0. The molecule has 0 aromatic heterocycles. The van der Waals surface area contributed by atoms with Gasteiger partial charge in [0.05, 0.1) is 0 Å². The summed E-state index contributed by atoms with van der Waals surface area (Å²) in [6.07, 6.45) is 4.72. The Morgan fingerprint density at radius 2 is 0.710 bits per heavy atom. The van der Waals surface area contributed by atoms with Gasteiger partial charge < -0.3 is 0 Å². The van der Waals surface area contributed by atoms with Crippen LogP contribution in [-0.2, 0) is 19.3 Å². The molecule has 0 unspecified atom stereocenters. The maximum absolute atomic E-state index is 2.24. The van der Waals surface area contributed by atoms with E-state index < -0.39 is 0 Å². The minimum absolute atomic E-state index is 0. The Morgan fingerprint density at radius 1 is 0.452 bits per heavy atom. The van der Waals surface area contributed by atoms with E-state index in [0.29, 0.717) is 0 Å². The van der Waals surface area contributed by atoms with Gasteiger partial charge in [0.25, 0.3) is 0 Å². The number of hydrogen-bond donors (Lipinski definition) is 0. The third kappa shape index (κ3) is 14.3. The highest BCUT2D eigenvalue weighted by Gasteiger charge is 1.95. The number of hydrogen-bond acceptors (Lipinski definition) is 0. The third-order valence-corrected chi connectivity index (χ3v) is 4.70. The Kier molecular flexibility index (Phi) is 19.5. The van der Waals surface area contributed by atoms with Crippen LogP contribution < -0.4 is 0 Å². The molecule has 31 heavy (non-hydrogen) atoms. The average Bonchev–Trinajstić information content (AvgIpc) is 2.80. The van der Waals surface area contributed by atoms with Crippen LogP contribution in [0.15, 0.2) is 72.8 Å². The molecule has 3 rings (SSSR count). The molecule has 0 saturated heterocycles. The molecule has 172 valence electrons. The van der Waals surface area contributed by atoms with E-state index in [1.54, 1.807) is 0 Å². The molecule has 0 bridgehead atoms. The van der Waals surface area contributed by atoms with Crippen molar-refractivity contribution < 1.29 is 0 Å². The first-order valence-corrected chi connectivity index (χ1v) is 11.7. The van der Waals surface area contributed by atoms with Crippen LogP contribution in [0.3, 0.4) is 0 Å². The van der Waals surface area contributed by atoms with Crippen molar-refractivity contribution in [2.24, 2.45) is 0 Å². The first-order valence-electron chi connectivity index (χ1n) is 11.7. The molecule has 0 radical (unpaired) electrons. The quantitative estimate of drug-likeness (QED) is 0.385. The van der Waals surface area contributed by atoms with Gasteiger partial charge in [-0.1, -0.05) is 132 Å². The lowest BCUT2D eigenvalue weighted by Crippen LogP contribution is -1.90. The first-order chi connectivity index (χ1) is 14.6. The maximum atomic E-state index is 2.24. The minimum atomic E-state index is 0. The Labute approximate surface area is 194 Å². The molecule has 0 aliphatic carbocycles. The van der Waals surface area contributed by atoms with Crippen molar-refractivity contribution in [2.45, 2.75) is 88.5 Å². The van der Waals surface area contributed by atoms with Crippen molar-refractivity contribution in [3.05, 3.63) is 106 Å². The lowest BCUT2D eigenvalue weighted by atomic mass is 10.0. The standard InChI is InChI=1S/C17H20.C9H12.2C2H6.CH4/c1-14-6-10-16(11-7-14)4-3-5-17-12-8-15(2)9-13-17;1-3-9-6-4-8(2)5-7-9;2*1-2;/h6-13H,3-5H2,1-2H3;4-7H,3H2,1-2H3;2*1-2H3;1H4. The molecule has 0 aliphatic heterocycles. The molecule has 0 atom stereocenters. The number of benzene rings is 3. The van der Waals surface area contributed by atoms with Gasteiger partial charge in [0.15, 0.2) is 0 Å². The van der Waals surface area contributed by atoms with Gasteiger partial charge in [-0.3, -0.25) is 0 Å². The number of aryl methyl sites for hydroxylation is 6. The Bertz CT molecular complexity index is 701. The van der Waals surface area contributed by atoms with Crippen molar-refractivity contribution in [3.8, 4) is 0 Å². The van der Waals surface area contributed by atoms with Gasteiger partial charge in [0.2, 0.25) is 0 Å². The number of rotatable bonds is 5. The molecule has 0 N–H and O–H groups in total. The summed E-state index contributed by atoms with van der Waals surface area (Å²) in [5, 5.41) is 0. The van der Waals surface area contributed by atoms with E-state index in [9.17, 15) is 0 Å². The summed E-state index contributed by atoms with van der Waals surface area (Å²) in [4.78, 5) is 0. The van der Waals surface area contributed by atoms with Gasteiger partial charge in [0.1, 0.15) is 0 Å². The molecule has 3 aromatic rings. The molecule has 0 nitrogen and oxygen atoms in total. The summed E-state index contributed by atoms with van der Waals surface area (Å²) in [6.45, 7) is 16.6. The SMILES string of the molecule is C.CC.CC.CCc1ccc(C)cc1.Cc1ccc(CCCc2ccc(C)cc2)cc1. The van der Waals surface area contributed by atoms with Gasteiger partial charge in [-0.15, -0.1) is 0 Å². The van der Waals surface area contributed by atoms with Crippen molar-refractivity contribution in [3.63, 3.8) is 0 Å². The Morgan fingerprint density at radius 3 is 0.968 bits per heavy atom. The Hall–Kier alpha value is -2.34. The van der Waals surface area contributed by atoms with Crippen molar-refractivity contribution in [1.29, 1.82) is 0 Å². The van der Waals surface area contributed by atoms with E-state index in [1.807, 2.05) is 27.7 Å². The zero-order valence-corrected chi connectivity index (χ0v) is 20.8. The van der Waals surface area contributed by atoms with E-state index in [0.717, 1.165) is 6.42 Å². The van der Waals surface area contributed by atoms with Crippen LogP contribution in [0.2, 0.25) is 0 Å². The average molecular weight is 421 g/mol. The van der Waals surface area contributed by atoms with Crippen LogP contribution in [0.25, 0.3) is 0 Å². The molecule has 0 heteroatoms. The molecule has 0 amide bonds. The molecule has 0 spiro atoms. The molecule has 0 aliphatic rings. The van der Waals surface area contributed by atoms with E-state index in [-0.39, 0.29) is 7.43 Å². The lowest BCUT2D eigenvalue weighted by Gasteiger charge is -2.03. The van der Waals surface area contributed by atoms with E-state index in [4.69, 9.17) is 0 Å².